The minimum absolute atomic E-state index is 0.0507. The summed E-state index contributed by atoms with van der Waals surface area (Å²) in [7, 11) is 0. The van der Waals surface area contributed by atoms with Crippen molar-refractivity contribution >= 4 is 29.1 Å². The molecule has 3 fully saturated rings. The summed E-state index contributed by atoms with van der Waals surface area (Å²) >= 11 is 0. The summed E-state index contributed by atoms with van der Waals surface area (Å²) in [5.74, 6) is 0.956. The molecule has 3 atom stereocenters. The van der Waals surface area contributed by atoms with Crippen molar-refractivity contribution in [1.29, 1.82) is 0 Å². The number of hydrogen-bond donors (Lipinski definition) is 3. The summed E-state index contributed by atoms with van der Waals surface area (Å²) in [6.07, 6.45) is 7.90. The second-order valence-electron chi connectivity index (χ2n) is 10.8. The molecule has 1 aromatic carbocycles. The third-order valence-corrected chi connectivity index (χ3v) is 7.71. The second kappa shape index (κ2) is 9.91. The Morgan fingerprint density at radius 3 is 2.31 bits per heavy atom. The number of hydrogen-bond acceptors (Lipinski definition) is 6. The molecule has 5 rings (SSSR count). The molecule has 1 saturated carbocycles. The molecule has 2 bridgehead atoms. The Morgan fingerprint density at radius 1 is 1.03 bits per heavy atom. The number of carbonyl (C=O) groups is 3. The number of pyridine rings is 1. The highest BCUT2D eigenvalue weighted by Crippen LogP contribution is 2.39. The van der Waals surface area contributed by atoms with Crippen LogP contribution in [0.1, 0.15) is 83.4 Å². The van der Waals surface area contributed by atoms with Gasteiger partial charge in [0.15, 0.2) is 5.78 Å². The van der Waals surface area contributed by atoms with Gasteiger partial charge in [0.25, 0.3) is 11.8 Å². The highest BCUT2D eigenvalue weighted by molar-refractivity contribution is 6.02. The van der Waals surface area contributed by atoms with Gasteiger partial charge in [0.2, 0.25) is 0 Å². The molecule has 0 spiro atoms. The molecule has 0 radical (unpaired) electrons. The van der Waals surface area contributed by atoms with Crippen LogP contribution in [-0.4, -0.2) is 47.3 Å². The number of fused-ring (bicyclic) bond motifs is 2. The lowest BCUT2D eigenvalue weighted by molar-refractivity contribution is 0.0922. The first-order valence-corrected chi connectivity index (χ1v) is 13.1. The molecule has 2 aromatic rings. The topological polar surface area (TPSA) is 117 Å². The van der Waals surface area contributed by atoms with Gasteiger partial charge in [-0.25, -0.2) is 4.98 Å². The van der Waals surface area contributed by atoms with Gasteiger partial charge in [0, 0.05) is 53.6 Å². The number of ketones is 1. The van der Waals surface area contributed by atoms with Crippen molar-refractivity contribution in [2.24, 2.45) is 17.6 Å². The number of Topliss-reactive ketones (excluding diaryl/α,β-unsaturated/α-hetero) is 1. The molecular formula is C28H35N5O3. The number of rotatable bonds is 9. The smallest absolute Gasteiger partial charge is 0.251 e. The first-order chi connectivity index (χ1) is 17.3. The fourth-order valence-corrected chi connectivity index (χ4v) is 5.58. The largest absolute Gasteiger partial charge is 0.384 e. The molecule has 8 nitrogen and oxygen atoms in total. The summed E-state index contributed by atoms with van der Waals surface area (Å²) < 4.78 is 0. The van der Waals surface area contributed by atoms with Crippen molar-refractivity contribution in [3.63, 3.8) is 0 Å². The van der Waals surface area contributed by atoms with Gasteiger partial charge in [0.05, 0.1) is 5.56 Å². The first kappa shape index (κ1) is 24.3. The molecule has 1 unspecified atom stereocenters. The Kier molecular flexibility index (Phi) is 6.69. The molecule has 8 heteroatoms. The molecular weight excluding hydrogens is 454 g/mol. The highest BCUT2D eigenvalue weighted by Gasteiger charge is 2.42. The van der Waals surface area contributed by atoms with Gasteiger partial charge in [-0.3, -0.25) is 14.4 Å². The molecule has 3 aliphatic rings. The standard InChI is InChI=1S/C28H35N5O3/c1-16(2)26(34)19-6-10-25(31-15-19)33-21-7-8-22(33)13-20(12-21)32-28(36)18-5-9-23(27(29)35)24(11-18)30-14-17-3-4-17/h5-6,9-11,15-17,20-22,30H,3-4,7-8,12-14H2,1-2H3,(H2,29,35)(H,32,36)/t20?,21-,22+. The molecule has 190 valence electrons. The van der Waals surface area contributed by atoms with Gasteiger partial charge >= 0.3 is 0 Å². The quantitative estimate of drug-likeness (QED) is 0.462. The number of anilines is 2. The lowest BCUT2D eigenvalue weighted by Gasteiger charge is -2.40. The number of nitrogens with two attached hydrogens (primary N) is 1. The highest BCUT2D eigenvalue weighted by atomic mass is 16.2. The number of piperidine rings is 1. The predicted octanol–water partition coefficient (Wildman–Crippen LogP) is 3.77. The number of aromatic nitrogens is 1. The predicted molar refractivity (Wildman–Crippen MR) is 139 cm³/mol. The molecule has 2 amide bonds. The Balaban J connectivity index is 1.24. The van der Waals surface area contributed by atoms with E-state index < -0.39 is 5.91 Å². The van der Waals surface area contributed by atoms with Gasteiger partial charge in [-0.1, -0.05) is 13.8 Å². The van der Waals surface area contributed by atoms with Crippen LogP contribution in [0, 0.1) is 11.8 Å². The molecule has 1 aromatic heterocycles. The maximum Gasteiger partial charge on any atom is 0.251 e. The van der Waals surface area contributed by atoms with E-state index in [1.54, 1.807) is 24.4 Å². The van der Waals surface area contributed by atoms with Crippen molar-refractivity contribution < 1.29 is 14.4 Å². The molecule has 4 N–H and O–H groups in total. The number of nitrogens with one attached hydrogen (secondary N) is 2. The van der Waals surface area contributed by atoms with Crippen LogP contribution in [0.2, 0.25) is 0 Å². The maximum atomic E-state index is 13.1. The monoisotopic (exact) mass is 489 g/mol. The summed E-state index contributed by atoms with van der Waals surface area (Å²) in [6, 6.07) is 9.57. The van der Waals surface area contributed by atoms with Crippen LogP contribution in [0.5, 0.6) is 0 Å². The van der Waals surface area contributed by atoms with Crippen LogP contribution < -0.4 is 21.3 Å². The van der Waals surface area contributed by atoms with E-state index in [-0.39, 0.29) is 23.7 Å². The zero-order chi connectivity index (χ0) is 25.4. The van der Waals surface area contributed by atoms with E-state index in [4.69, 9.17) is 5.73 Å². The fraction of sp³-hybridized carbons (Fsp3) is 0.500. The zero-order valence-corrected chi connectivity index (χ0v) is 21.0. The van der Waals surface area contributed by atoms with Crippen LogP contribution in [-0.2, 0) is 0 Å². The van der Waals surface area contributed by atoms with E-state index in [1.165, 1.54) is 12.8 Å². The third kappa shape index (κ3) is 5.08. The van der Waals surface area contributed by atoms with Gasteiger partial charge in [0.1, 0.15) is 5.82 Å². The Labute approximate surface area is 212 Å². The van der Waals surface area contributed by atoms with Crippen LogP contribution in [0.15, 0.2) is 36.5 Å². The fourth-order valence-electron chi connectivity index (χ4n) is 5.58. The number of benzene rings is 1. The Hall–Kier alpha value is -3.42. The zero-order valence-electron chi connectivity index (χ0n) is 21.0. The molecule has 3 heterocycles. The van der Waals surface area contributed by atoms with Crippen molar-refractivity contribution in [3.05, 3.63) is 53.2 Å². The van der Waals surface area contributed by atoms with Crippen LogP contribution in [0.4, 0.5) is 11.5 Å². The van der Waals surface area contributed by atoms with Gasteiger partial charge in [-0.05, 0) is 74.8 Å². The lowest BCUT2D eigenvalue weighted by atomic mass is 9.96. The number of nitrogens with zero attached hydrogens (tertiary/aromatic N) is 2. The second-order valence-corrected chi connectivity index (χ2v) is 10.8. The van der Waals surface area contributed by atoms with Gasteiger partial charge < -0.3 is 21.3 Å². The Bertz CT molecular complexity index is 1140. The summed E-state index contributed by atoms with van der Waals surface area (Å²) in [5.41, 5.74) is 7.75. The van der Waals surface area contributed by atoms with E-state index >= 15 is 0 Å². The number of carbonyl (C=O) groups excluding carboxylic acids is 3. The molecule has 2 saturated heterocycles. The lowest BCUT2D eigenvalue weighted by Crippen LogP contribution is -2.50. The maximum absolute atomic E-state index is 13.1. The number of primary amides is 1. The van der Waals surface area contributed by atoms with Gasteiger partial charge in [-0.15, -0.1) is 0 Å². The van der Waals surface area contributed by atoms with E-state index in [1.807, 2.05) is 26.0 Å². The van der Waals surface area contributed by atoms with Crippen molar-refractivity contribution in [2.45, 2.75) is 70.5 Å². The summed E-state index contributed by atoms with van der Waals surface area (Å²) in [6.45, 7) is 4.58. The molecule has 2 aliphatic heterocycles. The van der Waals surface area contributed by atoms with Crippen molar-refractivity contribution in [3.8, 4) is 0 Å². The summed E-state index contributed by atoms with van der Waals surface area (Å²) in [4.78, 5) is 44.2. The van der Waals surface area contributed by atoms with Crippen molar-refractivity contribution in [1.82, 2.24) is 10.3 Å². The van der Waals surface area contributed by atoms with Crippen LogP contribution in [0.3, 0.4) is 0 Å². The minimum atomic E-state index is -0.501. The average molecular weight is 490 g/mol. The normalized spacial score (nSPS) is 23.0. The first-order valence-electron chi connectivity index (χ1n) is 13.1. The van der Waals surface area contributed by atoms with Crippen LogP contribution >= 0.6 is 0 Å². The SMILES string of the molecule is CC(C)C(=O)c1ccc(N2[C@@H]3CC[C@H]2CC(NC(=O)c2ccc(C(N)=O)c(NCC4CC4)c2)C3)nc1. The van der Waals surface area contributed by atoms with E-state index in [2.05, 4.69) is 20.5 Å². The van der Waals surface area contributed by atoms with E-state index in [0.29, 0.717) is 40.4 Å². The minimum Gasteiger partial charge on any atom is -0.384 e. The van der Waals surface area contributed by atoms with Crippen LogP contribution in [0.25, 0.3) is 0 Å². The van der Waals surface area contributed by atoms with E-state index in [0.717, 1.165) is 38.0 Å². The number of amides is 2. The van der Waals surface area contributed by atoms with Gasteiger partial charge in [-0.2, -0.15) is 0 Å². The van der Waals surface area contributed by atoms with E-state index in [9.17, 15) is 14.4 Å². The Morgan fingerprint density at radius 2 is 1.72 bits per heavy atom. The average Bonchev–Trinajstić information content (AvgIpc) is 3.65. The summed E-state index contributed by atoms with van der Waals surface area (Å²) in [5, 5.41) is 6.53. The third-order valence-electron chi connectivity index (χ3n) is 7.71. The molecule has 1 aliphatic carbocycles. The molecule has 36 heavy (non-hydrogen) atoms. The van der Waals surface area contributed by atoms with Crippen molar-refractivity contribution in [2.75, 3.05) is 16.8 Å².